The molecule has 5 rings (SSSR count). The minimum atomic E-state index is -0.181. The Morgan fingerprint density at radius 1 is 0.918 bits per heavy atom. The fourth-order valence-corrected chi connectivity index (χ4v) is 8.33. The van der Waals surface area contributed by atoms with E-state index in [1.165, 1.54) is 23.1 Å². The Labute approximate surface area is 297 Å². The number of allylic oxidation sites excluding steroid dienone is 4. The van der Waals surface area contributed by atoms with Crippen LogP contribution in [0.25, 0.3) is 0 Å². The number of rotatable bonds is 20. The molecular formula is C43H66O6. The van der Waals surface area contributed by atoms with Crippen LogP contribution >= 0.6 is 0 Å². The van der Waals surface area contributed by atoms with Crippen LogP contribution in [0.4, 0.5) is 0 Å². The Morgan fingerprint density at radius 2 is 1.65 bits per heavy atom. The van der Waals surface area contributed by atoms with E-state index in [0.717, 1.165) is 115 Å². The number of hydrogen-bond donors (Lipinski definition) is 1. The molecular weight excluding hydrogens is 612 g/mol. The maximum Gasteiger partial charge on any atom is 0.199 e. The normalized spacial score (nSPS) is 28.5. The van der Waals surface area contributed by atoms with Crippen LogP contribution in [0.5, 0.6) is 0 Å². The second-order valence-electron chi connectivity index (χ2n) is 15.5. The highest BCUT2D eigenvalue weighted by molar-refractivity contribution is 5.25. The molecule has 8 atom stereocenters. The predicted octanol–water partition coefficient (Wildman–Crippen LogP) is 10.1. The van der Waals surface area contributed by atoms with Crippen molar-refractivity contribution >= 4 is 0 Å². The topological polar surface area (TPSA) is 66.4 Å². The Bertz CT molecular complexity index is 1160. The summed E-state index contributed by atoms with van der Waals surface area (Å²) < 4.78 is 31.9. The van der Waals surface area contributed by atoms with Crippen LogP contribution in [-0.2, 0) is 30.3 Å². The Kier molecular flexibility index (Phi) is 16.2. The highest BCUT2D eigenvalue weighted by atomic mass is 16.7. The Hall–Kier alpha value is -1.96. The van der Waals surface area contributed by atoms with Crippen LogP contribution in [0.2, 0.25) is 0 Å². The monoisotopic (exact) mass is 678 g/mol. The molecule has 2 heterocycles. The highest BCUT2D eigenvalue weighted by Crippen LogP contribution is 2.53. The van der Waals surface area contributed by atoms with Crippen molar-refractivity contribution in [3.8, 4) is 0 Å². The molecule has 2 saturated heterocycles. The van der Waals surface area contributed by atoms with Crippen molar-refractivity contribution in [2.45, 2.75) is 142 Å². The summed E-state index contributed by atoms with van der Waals surface area (Å²) in [7, 11) is 0. The molecule has 6 nitrogen and oxygen atoms in total. The van der Waals surface area contributed by atoms with E-state index < -0.39 is 0 Å². The van der Waals surface area contributed by atoms with Crippen LogP contribution in [0.3, 0.4) is 0 Å². The molecule has 6 heteroatoms. The van der Waals surface area contributed by atoms with E-state index in [2.05, 4.69) is 63.3 Å². The minimum absolute atomic E-state index is 0.0650. The molecule has 0 amide bonds. The van der Waals surface area contributed by atoms with Crippen molar-refractivity contribution in [3.05, 3.63) is 71.0 Å². The van der Waals surface area contributed by atoms with Gasteiger partial charge in [0.15, 0.2) is 12.6 Å². The van der Waals surface area contributed by atoms with Crippen molar-refractivity contribution in [2.24, 2.45) is 29.6 Å². The maximum absolute atomic E-state index is 10.6. The molecule has 274 valence electrons. The predicted molar refractivity (Wildman–Crippen MR) is 197 cm³/mol. The third-order valence-electron chi connectivity index (χ3n) is 11.2. The second kappa shape index (κ2) is 20.8. The first kappa shape index (κ1) is 38.3. The number of hydrogen-bond acceptors (Lipinski definition) is 6. The van der Waals surface area contributed by atoms with Gasteiger partial charge in [0.05, 0.1) is 19.3 Å². The highest BCUT2D eigenvalue weighted by Gasteiger charge is 2.50. The third-order valence-corrected chi connectivity index (χ3v) is 11.2. The van der Waals surface area contributed by atoms with Gasteiger partial charge in [-0.25, -0.2) is 0 Å². The summed E-state index contributed by atoms with van der Waals surface area (Å²) in [5, 5.41) is 10.6. The van der Waals surface area contributed by atoms with Gasteiger partial charge in [0.25, 0.3) is 0 Å². The molecule has 3 fully saturated rings. The fourth-order valence-electron chi connectivity index (χ4n) is 8.33. The summed E-state index contributed by atoms with van der Waals surface area (Å²) in [4.78, 5) is 0. The van der Waals surface area contributed by atoms with Crippen molar-refractivity contribution in [1.82, 2.24) is 0 Å². The molecule has 2 aliphatic heterocycles. The van der Waals surface area contributed by atoms with Crippen LogP contribution in [-0.4, -0.2) is 50.2 Å². The van der Waals surface area contributed by atoms with Gasteiger partial charge < -0.3 is 28.8 Å². The van der Waals surface area contributed by atoms with Crippen LogP contribution < -0.4 is 0 Å². The van der Waals surface area contributed by atoms with E-state index in [0.29, 0.717) is 24.4 Å². The molecule has 0 radical (unpaired) electrons. The Morgan fingerprint density at radius 3 is 2.35 bits per heavy atom. The van der Waals surface area contributed by atoms with E-state index >= 15 is 0 Å². The lowest BCUT2D eigenvalue weighted by atomic mass is 9.89. The zero-order valence-electron chi connectivity index (χ0n) is 30.9. The summed E-state index contributed by atoms with van der Waals surface area (Å²) in [5.74, 6) is 2.93. The number of aliphatic hydroxyl groups is 1. The molecule has 5 unspecified atom stereocenters. The summed E-state index contributed by atoms with van der Waals surface area (Å²) in [6.07, 6.45) is 23.1. The van der Waals surface area contributed by atoms with E-state index in [-0.39, 0.29) is 37.1 Å². The quantitative estimate of drug-likeness (QED) is 0.0841. The van der Waals surface area contributed by atoms with E-state index in [1.807, 2.05) is 6.07 Å². The molecule has 1 aromatic carbocycles. The van der Waals surface area contributed by atoms with E-state index in [1.54, 1.807) is 0 Å². The third kappa shape index (κ3) is 12.3. The Balaban J connectivity index is 1.26. The van der Waals surface area contributed by atoms with Crippen LogP contribution in [0.1, 0.15) is 123 Å². The number of benzene rings is 1. The summed E-state index contributed by atoms with van der Waals surface area (Å²) in [5.41, 5.74) is 4.05. The van der Waals surface area contributed by atoms with Crippen molar-refractivity contribution in [3.63, 3.8) is 0 Å². The van der Waals surface area contributed by atoms with Gasteiger partial charge in [-0.05, 0) is 127 Å². The van der Waals surface area contributed by atoms with Gasteiger partial charge >= 0.3 is 0 Å². The number of ether oxygens (including phenoxy) is 5. The maximum atomic E-state index is 10.6. The SMILES string of the molecule is CC(C)=CCC[C@@H](C)CCC=C(OC1CCCCO1)[C@H]1C2C=C(C(CO)CCCCOCc3ccccc3)CC2C[C@@H]1OC1CCCCO1. The largest absolute Gasteiger partial charge is 0.469 e. The smallest absolute Gasteiger partial charge is 0.199 e. The number of fused-ring (bicyclic) bond motifs is 1. The molecule has 1 N–H and O–H groups in total. The standard InChI is InChI=1S/C43H66O6/c1-32(2)15-13-16-33(3)17-14-21-39(48-41-22-8-11-25-46-41)43-38-28-36(27-37(38)29-40(43)49-42-23-9-12-26-47-42)35(30-44)20-7-10-24-45-31-34-18-5-4-6-19-34/h4-6,15,18-19,21,28,33,35,37-38,40-44H,7-14,16-17,20,22-27,29-31H2,1-3H3/t33-,35?,37?,38?,40+,41?,42?,43-/m1/s1. The second-order valence-corrected chi connectivity index (χ2v) is 15.5. The van der Waals surface area contributed by atoms with Gasteiger partial charge in [-0.1, -0.05) is 67.0 Å². The lowest BCUT2D eigenvalue weighted by molar-refractivity contribution is -0.200. The molecule has 0 bridgehead atoms. The minimum Gasteiger partial charge on any atom is -0.469 e. The lowest BCUT2D eigenvalue weighted by Crippen LogP contribution is -2.34. The van der Waals surface area contributed by atoms with Crippen LogP contribution in [0, 0.1) is 29.6 Å². The van der Waals surface area contributed by atoms with E-state index in [9.17, 15) is 5.11 Å². The van der Waals surface area contributed by atoms with Crippen molar-refractivity contribution in [2.75, 3.05) is 26.4 Å². The molecule has 0 spiro atoms. The van der Waals surface area contributed by atoms with Gasteiger partial charge in [-0.2, -0.15) is 0 Å². The fraction of sp³-hybridized carbons (Fsp3) is 0.721. The average molecular weight is 679 g/mol. The lowest BCUT2D eigenvalue weighted by Gasteiger charge is -2.33. The molecule has 2 aliphatic carbocycles. The summed E-state index contributed by atoms with van der Waals surface area (Å²) >= 11 is 0. The van der Waals surface area contributed by atoms with Gasteiger partial charge in [-0.3, -0.25) is 0 Å². The van der Waals surface area contributed by atoms with Gasteiger partial charge in [0.2, 0.25) is 0 Å². The van der Waals surface area contributed by atoms with Crippen LogP contribution in [0.15, 0.2) is 65.5 Å². The average Bonchev–Trinajstić information content (AvgIpc) is 3.66. The van der Waals surface area contributed by atoms with Gasteiger partial charge in [0, 0.05) is 38.1 Å². The van der Waals surface area contributed by atoms with Gasteiger partial charge in [-0.15, -0.1) is 0 Å². The molecule has 1 saturated carbocycles. The first-order valence-electron chi connectivity index (χ1n) is 19.8. The van der Waals surface area contributed by atoms with Crippen molar-refractivity contribution < 1.29 is 28.8 Å². The molecule has 1 aromatic rings. The first-order chi connectivity index (χ1) is 24.0. The zero-order chi connectivity index (χ0) is 34.3. The van der Waals surface area contributed by atoms with Crippen molar-refractivity contribution in [1.29, 1.82) is 0 Å². The summed E-state index contributed by atoms with van der Waals surface area (Å²) in [6, 6.07) is 10.4. The molecule has 4 aliphatic rings. The number of unbranched alkanes of at least 4 members (excludes halogenated alkanes) is 1. The van der Waals surface area contributed by atoms with E-state index in [4.69, 9.17) is 23.7 Å². The summed E-state index contributed by atoms with van der Waals surface area (Å²) in [6.45, 7) is 9.93. The van der Waals surface area contributed by atoms with Gasteiger partial charge in [0.1, 0.15) is 5.76 Å². The number of aliphatic hydroxyl groups excluding tert-OH is 1. The molecule has 49 heavy (non-hydrogen) atoms. The first-order valence-corrected chi connectivity index (χ1v) is 19.8. The zero-order valence-corrected chi connectivity index (χ0v) is 30.9. The molecule has 0 aromatic heterocycles.